The van der Waals surface area contributed by atoms with Crippen LogP contribution in [0.4, 0.5) is 0 Å². The molecule has 0 aliphatic rings. The lowest BCUT2D eigenvalue weighted by Crippen LogP contribution is -2.32. The normalized spacial score (nSPS) is 12.2. The summed E-state index contributed by atoms with van der Waals surface area (Å²) in [7, 11) is 0. The van der Waals surface area contributed by atoms with Gasteiger partial charge >= 0.3 is 0 Å². The van der Waals surface area contributed by atoms with E-state index in [4.69, 9.17) is 16.7 Å². The zero-order valence-electron chi connectivity index (χ0n) is 12.7. The molecule has 0 saturated heterocycles. The molecule has 118 valence electrons. The van der Waals surface area contributed by atoms with Gasteiger partial charge in [0.25, 0.3) is 5.91 Å². The van der Waals surface area contributed by atoms with Crippen LogP contribution in [0.15, 0.2) is 30.5 Å². The van der Waals surface area contributed by atoms with Crippen molar-refractivity contribution < 1.29 is 9.90 Å². The van der Waals surface area contributed by atoms with Crippen LogP contribution in [0.1, 0.15) is 35.8 Å². The standard InChI is InChI=1S/C16H20ClN3O2/c1-11(4-3-9-21)18-16(22)15-10-20(19-12(15)2)14-7-5-13(17)6-8-14/h5-8,10-11,21H,3-4,9H2,1-2H3,(H,18,22). The summed E-state index contributed by atoms with van der Waals surface area (Å²) in [5.41, 5.74) is 2.06. The van der Waals surface area contributed by atoms with Crippen molar-refractivity contribution >= 4 is 17.5 Å². The summed E-state index contributed by atoms with van der Waals surface area (Å²) >= 11 is 5.87. The van der Waals surface area contributed by atoms with Gasteiger partial charge < -0.3 is 10.4 Å². The highest BCUT2D eigenvalue weighted by atomic mass is 35.5. The van der Waals surface area contributed by atoms with E-state index in [0.29, 0.717) is 22.7 Å². The number of halogens is 1. The van der Waals surface area contributed by atoms with Crippen molar-refractivity contribution in [2.75, 3.05) is 6.61 Å². The van der Waals surface area contributed by atoms with E-state index in [2.05, 4.69) is 10.4 Å². The fourth-order valence-electron chi connectivity index (χ4n) is 2.18. The summed E-state index contributed by atoms with van der Waals surface area (Å²) in [5, 5.41) is 16.8. The van der Waals surface area contributed by atoms with E-state index in [1.165, 1.54) is 0 Å². The third-order valence-electron chi connectivity index (χ3n) is 3.41. The Labute approximate surface area is 134 Å². The van der Waals surface area contributed by atoms with Gasteiger partial charge in [0.15, 0.2) is 0 Å². The fourth-order valence-corrected chi connectivity index (χ4v) is 2.31. The number of aryl methyl sites for hydroxylation is 1. The Balaban J connectivity index is 2.12. The van der Waals surface area contributed by atoms with Crippen LogP contribution in [-0.2, 0) is 0 Å². The summed E-state index contributed by atoms with van der Waals surface area (Å²) in [6.07, 6.45) is 3.13. The van der Waals surface area contributed by atoms with E-state index in [1.807, 2.05) is 19.1 Å². The van der Waals surface area contributed by atoms with Gasteiger partial charge in [-0.15, -0.1) is 0 Å². The Morgan fingerprint density at radius 1 is 1.41 bits per heavy atom. The number of hydrogen-bond donors (Lipinski definition) is 2. The maximum absolute atomic E-state index is 12.3. The Morgan fingerprint density at radius 3 is 2.73 bits per heavy atom. The minimum absolute atomic E-state index is 0.0120. The van der Waals surface area contributed by atoms with Crippen LogP contribution < -0.4 is 5.32 Å². The quantitative estimate of drug-likeness (QED) is 0.859. The number of aromatic nitrogens is 2. The van der Waals surface area contributed by atoms with Crippen molar-refractivity contribution in [3.63, 3.8) is 0 Å². The molecule has 1 atom stereocenters. The van der Waals surface area contributed by atoms with Crippen molar-refractivity contribution in [1.82, 2.24) is 15.1 Å². The number of benzene rings is 1. The molecular formula is C16H20ClN3O2. The molecule has 0 radical (unpaired) electrons. The largest absolute Gasteiger partial charge is 0.396 e. The van der Waals surface area contributed by atoms with Crippen LogP contribution in [0.25, 0.3) is 5.69 Å². The molecule has 1 unspecified atom stereocenters. The van der Waals surface area contributed by atoms with Gasteiger partial charge in [0.05, 0.1) is 16.9 Å². The number of hydrogen-bond acceptors (Lipinski definition) is 3. The molecule has 2 N–H and O–H groups in total. The Hall–Kier alpha value is -1.85. The third kappa shape index (κ3) is 4.08. The number of nitrogens with one attached hydrogen (secondary N) is 1. The second-order valence-corrected chi connectivity index (χ2v) is 5.73. The highest BCUT2D eigenvalue weighted by molar-refractivity contribution is 6.30. The molecule has 0 bridgehead atoms. The number of amides is 1. The van der Waals surface area contributed by atoms with E-state index in [1.54, 1.807) is 29.9 Å². The first-order valence-electron chi connectivity index (χ1n) is 7.25. The number of aliphatic hydroxyl groups is 1. The number of nitrogens with zero attached hydrogens (tertiary/aromatic N) is 2. The van der Waals surface area contributed by atoms with Gasteiger partial charge in [-0.25, -0.2) is 4.68 Å². The molecule has 0 aliphatic heterocycles. The highest BCUT2D eigenvalue weighted by Gasteiger charge is 2.16. The number of carbonyl (C=O) groups excluding carboxylic acids is 1. The molecule has 0 aliphatic carbocycles. The minimum atomic E-state index is -0.150. The first-order valence-corrected chi connectivity index (χ1v) is 7.63. The lowest BCUT2D eigenvalue weighted by molar-refractivity contribution is 0.0936. The first kappa shape index (κ1) is 16.5. The summed E-state index contributed by atoms with van der Waals surface area (Å²) in [5.74, 6) is -0.150. The molecule has 0 saturated carbocycles. The average molecular weight is 322 g/mol. The second kappa shape index (κ2) is 7.42. The van der Waals surface area contributed by atoms with Crippen LogP contribution in [0.2, 0.25) is 5.02 Å². The molecule has 5 nitrogen and oxygen atoms in total. The van der Waals surface area contributed by atoms with Gasteiger partial charge in [-0.2, -0.15) is 5.10 Å². The number of carbonyl (C=O) groups is 1. The van der Waals surface area contributed by atoms with Crippen LogP contribution in [0.5, 0.6) is 0 Å². The topological polar surface area (TPSA) is 67.2 Å². The first-order chi connectivity index (χ1) is 10.5. The maximum atomic E-state index is 12.3. The molecule has 0 spiro atoms. The molecule has 22 heavy (non-hydrogen) atoms. The third-order valence-corrected chi connectivity index (χ3v) is 3.66. The van der Waals surface area contributed by atoms with Crippen molar-refractivity contribution in [1.29, 1.82) is 0 Å². The monoisotopic (exact) mass is 321 g/mol. The van der Waals surface area contributed by atoms with Crippen LogP contribution in [-0.4, -0.2) is 33.4 Å². The average Bonchev–Trinajstić information content (AvgIpc) is 2.88. The molecule has 1 amide bonds. The van der Waals surface area contributed by atoms with E-state index >= 15 is 0 Å². The zero-order chi connectivity index (χ0) is 16.1. The molecule has 1 aromatic heterocycles. The van der Waals surface area contributed by atoms with Gasteiger partial charge in [0, 0.05) is 23.9 Å². The Morgan fingerprint density at radius 2 is 2.09 bits per heavy atom. The lowest BCUT2D eigenvalue weighted by atomic mass is 10.1. The summed E-state index contributed by atoms with van der Waals surface area (Å²) < 4.78 is 1.67. The van der Waals surface area contributed by atoms with Crippen molar-refractivity contribution in [2.45, 2.75) is 32.7 Å². The molecular weight excluding hydrogens is 302 g/mol. The van der Waals surface area contributed by atoms with Crippen LogP contribution in [0, 0.1) is 6.92 Å². The summed E-state index contributed by atoms with van der Waals surface area (Å²) in [6, 6.07) is 7.27. The molecule has 1 aromatic carbocycles. The maximum Gasteiger partial charge on any atom is 0.254 e. The van der Waals surface area contributed by atoms with Gasteiger partial charge in [-0.1, -0.05) is 11.6 Å². The van der Waals surface area contributed by atoms with Crippen molar-refractivity contribution in [3.8, 4) is 5.69 Å². The number of rotatable bonds is 6. The smallest absolute Gasteiger partial charge is 0.254 e. The predicted molar refractivity (Wildman–Crippen MR) is 86.6 cm³/mol. The molecule has 2 aromatic rings. The Bertz CT molecular complexity index is 637. The fraction of sp³-hybridized carbons (Fsp3) is 0.375. The molecule has 2 rings (SSSR count). The van der Waals surface area contributed by atoms with Gasteiger partial charge in [-0.3, -0.25) is 4.79 Å². The van der Waals surface area contributed by atoms with Crippen LogP contribution in [0.3, 0.4) is 0 Å². The van der Waals surface area contributed by atoms with Gasteiger partial charge in [0.1, 0.15) is 0 Å². The van der Waals surface area contributed by atoms with E-state index in [-0.39, 0.29) is 18.6 Å². The highest BCUT2D eigenvalue weighted by Crippen LogP contribution is 2.15. The predicted octanol–water partition coefficient (Wildman–Crippen LogP) is 2.72. The SMILES string of the molecule is Cc1nn(-c2ccc(Cl)cc2)cc1C(=O)NC(C)CCCO. The summed E-state index contributed by atoms with van der Waals surface area (Å²) in [6.45, 7) is 3.86. The van der Waals surface area contributed by atoms with Crippen LogP contribution >= 0.6 is 11.6 Å². The Kier molecular flexibility index (Phi) is 5.57. The van der Waals surface area contributed by atoms with E-state index in [0.717, 1.165) is 12.1 Å². The summed E-state index contributed by atoms with van der Waals surface area (Å²) in [4.78, 5) is 12.3. The second-order valence-electron chi connectivity index (χ2n) is 5.29. The minimum Gasteiger partial charge on any atom is -0.396 e. The molecule has 1 heterocycles. The van der Waals surface area contributed by atoms with Gasteiger partial charge in [-0.05, 0) is 51.0 Å². The van der Waals surface area contributed by atoms with E-state index in [9.17, 15) is 4.79 Å². The molecule has 6 heteroatoms. The van der Waals surface area contributed by atoms with Gasteiger partial charge in [0.2, 0.25) is 0 Å². The molecule has 0 fully saturated rings. The lowest BCUT2D eigenvalue weighted by Gasteiger charge is -2.12. The zero-order valence-corrected chi connectivity index (χ0v) is 13.5. The van der Waals surface area contributed by atoms with Crippen molar-refractivity contribution in [2.24, 2.45) is 0 Å². The van der Waals surface area contributed by atoms with Crippen molar-refractivity contribution in [3.05, 3.63) is 46.7 Å². The van der Waals surface area contributed by atoms with E-state index < -0.39 is 0 Å². The number of aliphatic hydroxyl groups excluding tert-OH is 1.